The van der Waals surface area contributed by atoms with E-state index in [0.717, 1.165) is 72.5 Å². The average molecular weight is 545 g/mol. The highest BCUT2D eigenvalue weighted by Crippen LogP contribution is 2.41. The molecule has 2 unspecified atom stereocenters. The van der Waals surface area contributed by atoms with Gasteiger partial charge >= 0.3 is 5.97 Å². The predicted molar refractivity (Wildman–Crippen MR) is 138 cm³/mol. The van der Waals surface area contributed by atoms with Crippen LogP contribution in [0, 0.1) is 17.8 Å². The molecule has 4 atom stereocenters. The number of unbranched alkanes of at least 4 members (excludes halogenated alkanes) is 1. The van der Waals surface area contributed by atoms with Crippen molar-refractivity contribution in [1.29, 1.82) is 0 Å². The zero-order valence-corrected chi connectivity index (χ0v) is 22.4. The monoisotopic (exact) mass is 544 g/mol. The number of aliphatic hydroxyl groups is 2. The number of thiazole rings is 1. The number of aryl methyl sites for hydroxylation is 1. The summed E-state index contributed by atoms with van der Waals surface area (Å²) in [6, 6.07) is 2.03. The maximum atomic E-state index is 14.0. The molecule has 2 aromatic rings. The van der Waals surface area contributed by atoms with Crippen LogP contribution in [0.5, 0.6) is 0 Å². The van der Waals surface area contributed by atoms with Gasteiger partial charge in [-0.3, -0.25) is 4.98 Å². The van der Waals surface area contributed by atoms with Crippen LogP contribution < -0.4 is 0 Å². The second-order valence-corrected chi connectivity index (χ2v) is 11.7. The van der Waals surface area contributed by atoms with Crippen LogP contribution in [-0.4, -0.2) is 50.5 Å². The van der Waals surface area contributed by atoms with Gasteiger partial charge in [-0.2, -0.15) is 4.39 Å². The molecule has 2 aromatic heterocycles. The Morgan fingerprint density at radius 2 is 2.20 bits per heavy atom. The van der Waals surface area contributed by atoms with E-state index < -0.39 is 18.0 Å². The van der Waals surface area contributed by atoms with Gasteiger partial charge in [-0.15, -0.1) is 34.7 Å². The van der Waals surface area contributed by atoms with Crippen LogP contribution in [0.2, 0.25) is 0 Å². The van der Waals surface area contributed by atoms with Gasteiger partial charge in [-0.1, -0.05) is 19.8 Å². The maximum absolute atomic E-state index is 14.0. The first kappa shape index (κ1) is 28.3. The van der Waals surface area contributed by atoms with Crippen molar-refractivity contribution >= 4 is 40.7 Å². The molecule has 3 rings (SSSR count). The molecule has 0 aliphatic heterocycles. The van der Waals surface area contributed by atoms with Crippen molar-refractivity contribution in [2.45, 2.75) is 74.7 Å². The van der Waals surface area contributed by atoms with Gasteiger partial charge in [-0.05, 0) is 62.0 Å². The molecule has 1 aliphatic carbocycles. The summed E-state index contributed by atoms with van der Waals surface area (Å²) >= 11 is 9.43. The van der Waals surface area contributed by atoms with Gasteiger partial charge in [0.25, 0.3) is 0 Å². The number of hydrogen-bond donors (Lipinski definition) is 2. The van der Waals surface area contributed by atoms with Crippen molar-refractivity contribution in [2.24, 2.45) is 11.8 Å². The summed E-state index contributed by atoms with van der Waals surface area (Å²) in [4.78, 5) is 21.0. The number of alkyl halides is 1. The summed E-state index contributed by atoms with van der Waals surface area (Å²) in [6.07, 6.45) is 10.3. The average Bonchev–Trinajstić information content (AvgIpc) is 3.41. The Morgan fingerprint density at radius 3 is 2.97 bits per heavy atom. The number of hydrogen-bond acceptors (Lipinski definition) is 8. The van der Waals surface area contributed by atoms with Gasteiger partial charge < -0.3 is 14.9 Å². The van der Waals surface area contributed by atoms with Crippen LogP contribution in [0.15, 0.2) is 23.4 Å². The van der Waals surface area contributed by atoms with Gasteiger partial charge in [0.15, 0.2) is 4.88 Å². The van der Waals surface area contributed by atoms with E-state index >= 15 is 0 Å². The molecule has 0 radical (unpaired) electrons. The Hall–Kier alpha value is -1.26. The fourth-order valence-electron chi connectivity index (χ4n) is 4.44. The third-order valence-corrected chi connectivity index (χ3v) is 9.10. The van der Waals surface area contributed by atoms with E-state index in [9.17, 15) is 14.3 Å². The molecule has 0 spiro atoms. The Bertz CT molecular complexity index is 948. The van der Waals surface area contributed by atoms with E-state index in [0.29, 0.717) is 23.3 Å². The molecule has 0 amide bonds. The van der Waals surface area contributed by atoms with Crippen molar-refractivity contribution in [2.75, 3.05) is 19.0 Å². The van der Waals surface area contributed by atoms with E-state index in [1.54, 1.807) is 18.0 Å². The van der Waals surface area contributed by atoms with Crippen molar-refractivity contribution in [3.05, 3.63) is 39.9 Å². The van der Waals surface area contributed by atoms with E-state index in [4.69, 9.17) is 21.4 Å². The number of carbonyl (C=O) groups excluding carboxylic acids is 1. The molecule has 35 heavy (non-hydrogen) atoms. The quantitative estimate of drug-likeness (QED) is 0.176. The molecule has 0 aromatic carbocycles. The number of pyridine rings is 1. The standard InChI is InChI=1S/C25H34ClFN2O4S2/c1-2-3-6-21(31)17-12-18(14-28-13-17)34-15-19-16(8-9-20(19)26)5-4-7-22-29-24(27)23(35-22)25(32)33-11-10-30/h12-14,16,19-21,30-31H,2-11,15H2,1H3/t16-,19+,20?,21?/m0/s1. The van der Waals surface area contributed by atoms with Crippen molar-refractivity contribution in [1.82, 2.24) is 9.97 Å². The van der Waals surface area contributed by atoms with Crippen molar-refractivity contribution in [3.8, 4) is 0 Å². The Kier molecular flexibility index (Phi) is 11.7. The number of rotatable bonds is 14. The Labute approximate surface area is 219 Å². The highest BCUT2D eigenvalue weighted by atomic mass is 35.5. The maximum Gasteiger partial charge on any atom is 0.353 e. The molecular formula is C25H34ClFN2O4S2. The van der Waals surface area contributed by atoms with Crippen LogP contribution >= 0.6 is 34.7 Å². The minimum Gasteiger partial charge on any atom is -0.459 e. The minimum absolute atomic E-state index is 0.129. The Balaban J connectivity index is 1.50. The second-order valence-electron chi connectivity index (χ2n) is 8.92. The zero-order valence-electron chi connectivity index (χ0n) is 20.0. The van der Waals surface area contributed by atoms with Crippen molar-refractivity contribution in [3.63, 3.8) is 0 Å². The fraction of sp³-hybridized carbons (Fsp3) is 0.640. The molecule has 194 valence electrons. The predicted octanol–water partition coefficient (Wildman–Crippen LogP) is 5.80. The summed E-state index contributed by atoms with van der Waals surface area (Å²) in [5.74, 6) is 0.151. The molecule has 6 nitrogen and oxygen atoms in total. The molecule has 1 saturated carbocycles. The van der Waals surface area contributed by atoms with Crippen LogP contribution in [0.3, 0.4) is 0 Å². The fourth-order valence-corrected chi connectivity index (χ4v) is 7.09. The highest BCUT2D eigenvalue weighted by molar-refractivity contribution is 7.99. The largest absolute Gasteiger partial charge is 0.459 e. The summed E-state index contributed by atoms with van der Waals surface area (Å²) < 4.78 is 18.8. The second kappa shape index (κ2) is 14.5. The lowest BCUT2D eigenvalue weighted by atomic mass is 9.92. The summed E-state index contributed by atoms with van der Waals surface area (Å²) in [6.45, 7) is 1.65. The first-order valence-corrected chi connectivity index (χ1v) is 14.5. The van der Waals surface area contributed by atoms with Crippen LogP contribution in [0.4, 0.5) is 4.39 Å². The van der Waals surface area contributed by atoms with Gasteiger partial charge in [0.2, 0.25) is 5.95 Å². The molecule has 2 N–H and O–H groups in total. The summed E-state index contributed by atoms with van der Waals surface area (Å²) in [7, 11) is 0. The van der Waals surface area contributed by atoms with Crippen LogP contribution in [-0.2, 0) is 11.2 Å². The minimum atomic E-state index is -0.806. The van der Waals surface area contributed by atoms with E-state index in [1.165, 1.54) is 0 Å². The first-order valence-electron chi connectivity index (χ1n) is 12.3. The molecule has 0 saturated heterocycles. The third kappa shape index (κ3) is 8.39. The number of ether oxygens (including phenoxy) is 1. The number of nitrogens with zero attached hydrogens (tertiary/aromatic N) is 2. The first-order chi connectivity index (χ1) is 16.9. The SMILES string of the molecule is CCCCC(O)c1cncc(SC[C@H]2C(Cl)CC[C@@H]2CCCc2nc(F)c(C(=O)OCCO)s2)c1. The van der Waals surface area contributed by atoms with Gasteiger partial charge in [-0.25, -0.2) is 9.78 Å². The number of aromatic nitrogens is 2. The van der Waals surface area contributed by atoms with Gasteiger partial charge in [0, 0.05) is 28.4 Å². The summed E-state index contributed by atoms with van der Waals surface area (Å²) in [5, 5.41) is 19.8. The molecular weight excluding hydrogens is 511 g/mol. The van der Waals surface area contributed by atoms with Crippen molar-refractivity contribution < 1.29 is 24.1 Å². The molecule has 2 heterocycles. The number of thioether (sulfide) groups is 1. The lowest BCUT2D eigenvalue weighted by Gasteiger charge is -2.21. The molecule has 1 aliphatic rings. The van der Waals surface area contributed by atoms with Gasteiger partial charge in [0.05, 0.1) is 17.7 Å². The normalized spacial score (nSPS) is 20.8. The molecule has 10 heteroatoms. The van der Waals surface area contributed by atoms with Gasteiger partial charge in [0.1, 0.15) is 6.61 Å². The highest BCUT2D eigenvalue weighted by Gasteiger charge is 2.34. The topological polar surface area (TPSA) is 92.5 Å². The molecule has 0 bridgehead atoms. The van der Waals surface area contributed by atoms with E-state index in [-0.39, 0.29) is 23.5 Å². The third-order valence-electron chi connectivity index (χ3n) is 6.38. The van der Waals surface area contributed by atoms with E-state index in [2.05, 4.69) is 16.9 Å². The van der Waals surface area contributed by atoms with Crippen LogP contribution in [0.1, 0.15) is 78.2 Å². The lowest BCUT2D eigenvalue weighted by Crippen LogP contribution is -2.18. The number of aliphatic hydroxyl groups excluding tert-OH is 2. The summed E-state index contributed by atoms with van der Waals surface area (Å²) in [5.41, 5.74) is 0.865. The lowest BCUT2D eigenvalue weighted by molar-refractivity contribution is 0.0434. The zero-order chi connectivity index (χ0) is 25.2. The number of halogens is 2. The Morgan fingerprint density at radius 1 is 1.37 bits per heavy atom. The van der Waals surface area contributed by atoms with E-state index in [1.807, 2.05) is 12.3 Å². The van der Waals surface area contributed by atoms with Crippen LogP contribution in [0.25, 0.3) is 0 Å². The molecule has 1 fully saturated rings. The smallest absolute Gasteiger partial charge is 0.353 e. The number of esters is 1. The number of carbonyl (C=O) groups is 1.